The number of benzene rings is 1. The third-order valence-corrected chi connectivity index (χ3v) is 2.56. The van der Waals surface area contributed by atoms with Gasteiger partial charge in [-0.1, -0.05) is 0 Å². The van der Waals surface area contributed by atoms with Gasteiger partial charge in [0, 0.05) is 12.4 Å². The summed E-state index contributed by atoms with van der Waals surface area (Å²) >= 11 is 0. The molecule has 0 fully saturated rings. The molecule has 64 valence electrons. The van der Waals surface area contributed by atoms with Crippen LogP contribution >= 0.6 is 0 Å². The first-order valence-corrected chi connectivity index (χ1v) is 4.59. The molecule has 0 aliphatic rings. The normalized spacial score (nSPS) is 11.0. The molecule has 0 aromatic heterocycles. The molecule has 4 nitrogen and oxygen atoms in total. The predicted molar refractivity (Wildman–Crippen MR) is 47.6 cm³/mol. The van der Waals surface area contributed by atoms with Crippen molar-refractivity contribution in [3.05, 3.63) is 24.3 Å². The monoisotopic (exact) mass is 184 g/mol. The van der Waals surface area contributed by atoms with Crippen LogP contribution in [0, 0.1) is 0 Å². The number of nitrogens with zero attached hydrogens (tertiary/aromatic N) is 1. The molecule has 0 amide bonds. The van der Waals surface area contributed by atoms with Crippen LogP contribution in [-0.4, -0.2) is 15.1 Å². The van der Waals surface area contributed by atoms with E-state index in [2.05, 4.69) is 11.1 Å². The van der Waals surface area contributed by atoms with E-state index in [-0.39, 0.29) is 4.90 Å². The average molecular weight is 184 g/mol. The van der Waals surface area contributed by atoms with E-state index < -0.39 is 10.0 Å². The number of nitrogens with two attached hydrogens (primary N) is 1. The molecule has 1 rings (SSSR count). The molecule has 0 bridgehead atoms. The first-order valence-electron chi connectivity index (χ1n) is 3.15. The van der Waals surface area contributed by atoms with E-state index in [1.165, 1.54) is 24.3 Å². The Kier molecular flexibility index (Phi) is 2.14. The first kappa shape index (κ1) is 8.73. The molecule has 0 unspecified atom stereocenters. The zero-order valence-corrected chi connectivity index (χ0v) is 7.08. The van der Waals surface area contributed by atoms with Gasteiger partial charge in [0.1, 0.15) is 0 Å². The number of hydrogen-bond acceptors (Lipinski definition) is 3. The zero-order chi connectivity index (χ0) is 9.19. The van der Waals surface area contributed by atoms with Crippen LogP contribution < -0.4 is 5.73 Å². The molecular formula is C7H8N2O2S. The van der Waals surface area contributed by atoms with Gasteiger partial charge >= 0.3 is 0 Å². The van der Waals surface area contributed by atoms with E-state index in [9.17, 15) is 8.42 Å². The third-order valence-electron chi connectivity index (χ3n) is 1.35. The van der Waals surface area contributed by atoms with Crippen LogP contribution in [0.25, 0.3) is 0 Å². The van der Waals surface area contributed by atoms with E-state index >= 15 is 0 Å². The molecule has 12 heavy (non-hydrogen) atoms. The molecular weight excluding hydrogens is 176 g/mol. The zero-order valence-electron chi connectivity index (χ0n) is 6.27. The summed E-state index contributed by atoms with van der Waals surface area (Å²) in [4.78, 5) is 0.103. The molecule has 0 aliphatic carbocycles. The summed E-state index contributed by atoms with van der Waals surface area (Å²) in [6.45, 7) is 2.96. The minimum absolute atomic E-state index is 0.103. The Morgan fingerprint density at radius 3 is 2.17 bits per heavy atom. The average Bonchev–Trinajstić information content (AvgIpc) is 2.05. The number of anilines is 1. The lowest BCUT2D eigenvalue weighted by molar-refractivity contribution is 0.598. The van der Waals surface area contributed by atoms with Crippen molar-refractivity contribution in [1.82, 2.24) is 0 Å². The largest absolute Gasteiger partial charge is 0.399 e. The van der Waals surface area contributed by atoms with Crippen LogP contribution in [0.3, 0.4) is 0 Å². The van der Waals surface area contributed by atoms with E-state index in [0.717, 1.165) is 0 Å². The van der Waals surface area contributed by atoms with E-state index in [1.54, 1.807) is 0 Å². The second-order valence-corrected chi connectivity index (χ2v) is 3.85. The molecule has 0 radical (unpaired) electrons. The quantitative estimate of drug-likeness (QED) is 0.542. The highest BCUT2D eigenvalue weighted by molar-refractivity contribution is 7.90. The number of sulfonamides is 1. The van der Waals surface area contributed by atoms with Crippen LogP contribution in [0.5, 0.6) is 0 Å². The molecule has 2 N–H and O–H groups in total. The summed E-state index contributed by atoms with van der Waals surface area (Å²) in [5.41, 5.74) is 5.88. The van der Waals surface area contributed by atoms with Gasteiger partial charge in [0.25, 0.3) is 10.0 Å². The molecule has 0 heterocycles. The second-order valence-electron chi connectivity index (χ2n) is 2.17. The highest BCUT2D eigenvalue weighted by Crippen LogP contribution is 2.13. The van der Waals surface area contributed by atoms with Gasteiger partial charge in [0.2, 0.25) is 0 Å². The third kappa shape index (κ3) is 1.62. The summed E-state index contributed by atoms with van der Waals surface area (Å²) < 4.78 is 25.1. The molecule has 1 aromatic carbocycles. The summed E-state index contributed by atoms with van der Waals surface area (Å²) in [6.07, 6.45) is 0. The van der Waals surface area contributed by atoms with Crippen molar-refractivity contribution in [2.24, 2.45) is 4.40 Å². The van der Waals surface area contributed by atoms with Gasteiger partial charge < -0.3 is 5.73 Å². The number of nitrogen functional groups attached to an aromatic ring is 1. The van der Waals surface area contributed by atoms with Gasteiger partial charge in [-0.3, -0.25) is 0 Å². The lowest BCUT2D eigenvalue weighted by Gasteiger charge is -1.97. The molecule has 0 atom stereocenters. The molecule has 1 aromatic rings. The lowest BCUT2D eigenvalue weighted by atomic mass is 10.3. The van der Waals surface area contributed by atoms with Crippen LogP contribution in [-0.2, 0) is 10.0 Å². The van der Waals surface area contributed by atoms with Crippen molar-refractivity contribution in [3.8, 4) is 0 Å². The second kappa shape index (κ2) is 2.94. The van der Waals surface area contributed by atoms with Gasteiger partial charge in [-0.05, 0) is 24.3 Å². The van der Waals surface area contributed by atoms with Crippen LogP contribution in [0.1, 0.15) is 0 Å². The summed E-state index contributed by atoms with van der Waals surface area (Å²) in [6, 6.07) is 5.77. The SMILES string of the molecule is C=NS(=O)(=O)c1ccc(N)cc1. The van der Waals surface area contributed by atoms with E-state index in [0.29, 0.717) is 5.69 Å². The molecule has 5 heteroatoms. The van der Waals surface area contributed by atoms with Gasteiger partial charge in [-0.25, -0.2) is 0 Å². The Labute approximate surface area is 70.8 Å². The summed E-state index contributed by atoms with van der Waals surface area (Å²) in [5, 5.41) is 0. The fourth-order valence-electron chi connectivity index (χ4n) is 0.714. The Morgan fingerprint density at radius 2 is 1.75 bits per heavy atom. The Bertz CT molecular complexity index is 380. The number of rotatable bonds is 2. The maximum Gasteiger partial charge on any atom is 0.281 e. The minimum atomic E-state index is -3.56. The topological polar surface area (TPSA) is 72.5 Å². The Morgan fingerprint density at radius 1 is 1.25 bits per heavy atom. The van der Waals surface area contributed by atoms with Crippen molar-refractivity contribution >= 4 is 22.4 Å². The van der Waals surface area contributed by atoms with Crippen LogP contribution in [0.2, 0.25) is 0 Å². The smallest absolute Gasteiger partial charge is 0.281 e. The van der Waals surface area contributed by atoms with Crippen molar-refractivity contribution in [1.29, 1.82) is 0 Å². The van der Waals surface area contributed by atoms with E-state index in [4.69, 9.17) is 5.73 Å². The minimum Gasteiger partial charge on any atom is -0.399 e. The molecule has 0 saturated heterocycles. The molecule has 0 spiro atoms. The molecule has 0 aliphatic heterocycles. The lowest BCUT2D eigenvalue weighted by Crippen LogP contribution is -1.95. The van der Waals surface area contributed by atoms with Crippen molar-refractivity contribution in [2.45, 2.75) is 4.90 Å². The standard InChI is InChI=1S/C7H8N2O2S/c1-9-12(10,11)7-4-2-6(8)3-5-7/h2-5H,1,8H2. The van der Waals surface area contributed by atoms with Crippen molar-refractivity contribution < 1.29 is 8.42 Å². The van der Waals surface area contributed by atoms with Crippen molar-refractivity contribution in [2.75, 3.05) is 5.73 Å². The number of hydrogen-bond donors (Lipinski definition) is 1. The summed E-state index contributed by atoms with van der Waals surface area (Å²) in [7, 11) is -3.56. The predicted octanol–water partition coefficient (Wildman–Crippen LogP) is 0.658. The fraction of sp³-hybridized carbons (Fsp3) is 0. The van der Waals surface area contributed by atoms with Gasteiger partial charge in [0.15, 0.2) is 0 Å². The Hall–Kier alpha value is -1.36. The van der Waals surface area contributed by atoms with Crippen LogP contribution in [0.4, 0.5) is 5.69 Å². The van der Waals surface area contributed by atoms with Gasteiger partial charge in [-0.15, -0.1) is 0 Å². The first-order chi connectivity index (χ1) is 5.56. The highest BCUT2D eigenvalue weighted by Gasteiger charge is 2.08. The molecule has 0 saturated carbocycles. The van der Waals surface area contributed by atoms with Gasteiger partial charge in [-0.2, -0.15) is 12.8 Å². The maximum absolute atomic E-state index is 11.0. The summed E-state index contributed by atoms with van der Waals surface area (Å²) in [5.74, 6) is 0. The maximum atomic E-state index is 11.0. The Balaban J connectivity index is 3.23. The fourth-order valence-corrected chi connectivity index (χ4v) is 1.34. The van der Waals surface area contributed by atoms with E-state index in [1.807, 2.05) is 0 Å². The highest BCUT2D eigenvalue weighted by atomic mass is 32.2. The van der Waals surface area contributed by atoms with Crippen LogP contribution in [0.15, 0.2) is 33.6 Å². The van der Waals surface area contributed by atoms with Crippen molar-refractivity contribution in [3.63, 3.8) is 0 Å². The van der Waals surface area contributed by atoms with Gasteiger partial charge in [0.05, 0.1) is 4.90 Å².